The number of hydrogen-bond donors (Lipinski definition) is 2. The van der Waals surface area contributed by atoms with Gasteiger partial charge in [0.2, 0.25) is 5.91 Å². The molecule has 1 aromatic heterocycles. The first-order valence-corrected chi connectivity index (χ1v) is 4.47. The average Bonchev–Trinajstić information content (AvgIpc) is 2.18. The maximum absolute atomic E-state index is 11.6. The molecule has 1 heterocycles. The molecule has 0 aliphatic carbocycles. The molecule has 1 rings (SSSR count). The molecule has 1 aromatic rings. The largest absolute Gasteiger partial charge is 0.368 e. The van der Waals surface area contributed by atoms with Crippen LogP contribution >= 0.6 is 0 Å². The Labute approximate surface area is 87.7 Å². The van der Waals surface area contributed by atoms with Crippen molar-refractivity contribution >= 4 is 11.8 Å². The minimum absolute atomic E-state index is 0.256. The Morgan fingerprint density at radius 2 is 2.07 bits per heavy atom. The van der Waals surface area contributed by atoms with Crippen molar-refractivity contribution in [2.24, 2.45) is 5.73 Å². The van der Waals surface area contributed by atoms with Crippen LogP contribution in [-0.2, 0) is 4.79 Å². The monoisotopic (exact) mass is 207 g/mol. The number of nitrogens with two attached hydrogens (primary N) is 1. The standard InChI is InChI=1S/C10H13N3O2/c1-10(2,9(11)15)13-8(14)7-5-3-4-6-12-7/h3-6H,1-2H3,(H2,11,15)(H,13,14). The molecule has 0 aromatic carbocycles. The Balaban J connectivity index is 2.77. The van der Waals surface area contributed by atoms with Crippen LogP contribution in [0.15, 0.2) is 24.4 Å². The van der Waals surface area contributed by atoms with Gasteiger partial charge in [-0.05, 0) is 26.0 Å². The molecule has 80 valence electrons. The smallest absolute Gasteiger partial charge is 0.270 e. The van der Waals surface area contributed by atoms with E-state index in [9.17, 15) is 9.59 Å². The van der Waals surface area contributed by atoms with Gasteiger partial charge < -0.3 is 11.1 Å². The van der Waals surface area contributed by atoms with Gasteiger partial charge in [0.25, 0.3) is 5.91 Å². The number of primary amides is 1. The molecule has 0 saturated heterocycles. The molecule has 0 unspecified atom stereocenters. The van der Waals surface area contributed by atoms with Crippen LogP contribution in [0, 0.1) is 0 Å². The minimum Gasteiger partial charge on any atom is -0.368 e. The SMILES string of the molecule is CC(C)(NC(=O)c1ccccn1)C(N)=O. The van der Waals surface area contributed by atoms with Crippen LogP contribution in [0.2, 0.25) is 0 Å². The fourth-order valence-electron chi connectivity index (χ4n) is 0.907. The van der Waals surface area contributed by atoms with Gasteiger partial charge in [-0.2, -0.15) is 0 Å². The Kier molecular flexibility index (Phi) is 3.04. The third-order valence-electron chi connectivity index (χ3n) is 1.94. The number of nitrogens with zero attached hydrogens (tertiary/aromatic N) is 1. The van der Waals surface area contributed by atoms with Crippen LogP contribution in [-0.4, -0.2) is 22.3 Å². The summed E-state index contributed by atoms with van der Waals surface area (Å²) in [6, 6.07) is 4.96. The molecule has 2 amide bonds. The van der Waals surface area contributed by atoms with Crippen molar-refractivity contribution in [1.29, 1.82) is 0 Å². The van der Waals surface area contributed by atoms with Crippen molar-refractivity contribution in [3.05, 3.63) is 30.1 Å². The second kappa shape index (κ2) is 4.08. The maximum atomic E-state index is 11.6. The van der Waals surface area contributed by atoms with E-state index >= 15 is 0 Å². The first kappa shape index (κ1) is 11.2. The molecule has 0 saturated carbocycles. The van der Waals surface area contributed by atoms with Crippen molar-refractivity contribution in [2.75, 3.05) is 0 Å². The van der Waals surface area contributed by atoms with Crippen LogP contribution < -0.4 is 11.1 Å². The number of rotatable bonds is 3. The first-order valence-electron chi connectivity index (χ1n) is 4.47. The minimum atomic E-state index is -1.07. The molecule has 0 atom stereocenters. The van der Waals surface area contributed by atoms with Crippen molar-refractivity contribution in [3.63, 3.8) is 0 Å². The molecule has 5 heteroatoms. The summed E-state index contributed by atoms with van der Waals surface area (Å²) in [5, 5.41) is 2.50. The van der Waals surface area contributed by atoms with Gasteiger partial charge in [0.05, 0.1) is 0 Å². The third-order valence-corrected chi connectivity index (χ3v) is 1.94. The number of pyridine rings is 1. The first-order chi connectivity index (χ1) is 6.93. The van der Waals surface area contributed by atoms with E-state index in [4.69, 9.17) is 5.73 Å². The summed E-state index contributed by atoms with van der Waals surface area (Å²) in [6.07, 6.45) is 1.51. The fourth-order valence-corrected chi connectivity index (χ4v) is 0.907. The summed E-state index contributed by atoms with van der Waals surface area (Å²) < 4.78 is 0. The van der Waals surface area contributed by atoms with E-state index in [1.165, 1.54) is 20.0 Å². The highest BCUT2D eigenvalue weighted by atomic mass is 16.2. The molecule has 0 aliphatic rings. The molecule has 5 nitrogen and oxygen atoms in total. The maximum Gasteiger partial charge on any atom is 0.270 e. The third kappa shape index (κ3) is 2.77. The molecule has 0 spiro atoms. The predicted molar refractivity (Wildman–Crippen MR) is 55.0 cm³/mol. The second-order valence-electron chi connectivity index (χ2n) is 3.66. The summed E-state index contributed by atoms with van der Waals surface area (Å²) >= 11 is 0. The number of nitrogens with one attached hydrogen (secondary N) is 1. The summed E-state index contributed by atoms with van der Waals surface area (Å²) in [5.74, 6) is -1.01. The normalized spacial score (nSPS) is 10.8. The van der Waals surface area contributed by atoms with E-state index < -0.39 is 17.4 Å². The highest BCUT2D eigenvalue weighted by Crippen LogP contribution is 2.02. The van der Waals surface area contributed by atoms with Crippen molar-refractivity contribution in [3.8, 4) is 0 Å². The summed E-state index contributed by atoms with van der Waals surface area (Å²) in [6.45, 7) is 3.08. The van der Waals surface area contributed by atoms with E-state index in [0.29, 0.717) is 0 Å². The lowest BCUT2D eigenvalue weighted by molar-refractivity contribution is -0.122. The number of amides is 2. The Hall–Kier alpha value is -1.91. The van der Waals surface area contributed by atoms with Gasteiger partial charge in [0, 0.05) is 6.20 Å². The van der Waals surface area contributed by atoms with Gasteiger partial charge in [-0.15, -0.1) is 0 Å². The predicted octanol–water partition coefficient (Wildman–Crippen LogP) is 0.0753. The summed E-state index contributed by atoms with van der Waals surface area (Å²) in [4.78, 5) is 26.4. The van der Waals surface area contributed by atoms with Gasteiger partial charge in [0.1, 0.15) is 11.2 Å². The molecule has 0 bridgehead atoms. The molecule has 0 radical (unpaired) electrons. The van der Waals surface area contributed by atoms with Gasteiger partial charge in [-0.1, -0.05) is 6.07 Å². The van der Waals surface area contributed by atoms with E-state index in [0.717, 1.165) is 0 Å². The Bertz CT molecular complexity index is 374. The van der Waals surface area contributed by atoms with Gasteiger partial charge in [-0.25, -0.2) is 0 Å². The van der Waals surface area contributed by atoms with Crippen LogP contribution in [0.1, 0.15) is 24.3 Å². The van der Waals surface area contributed by atoms with Gasteiger partial charge in [-0.3, -0.25) is 14.6 Å². The quantitative estimate of drug-likeness (QED) is 0.735. The van der Waals surface area contributed by atoms with Crippen LogP contribution in [0.25, 0.3) is 0 Å². The number of carbonyl (C=O) groups is 2. The Morgan fingerprint density at radius 1 is 1.40 bits per heavy atom. The lowest BCUT2D eigenvalue weighted by Crippen LogP contribution is -2.53. The fraction of sp³-hybridized carbons (Fsp3) is 0.300. The van der Waals surface area contributed by atoms with Crippen LogP contribution in [0.4, 0.5) is 0 Å². The molecular formula is C10H13N3O2. The molecule has 0 fully saturated rings. The highest BCUT2D eigenvalue weighted by Gasteiger charge is 2.27. The van der Waals surface area contributed by atoms with E-state index in [1.807, 2.05) is 0 Å². The van der Waals surface area contributed by atoms with Crippen LogP contribution in [0.3, 0.4) is 0 Å². The zero-order valence-electron chi connectivity index (χ0n) is 8.65. The van der Waals surface area contributed by atoms with Crippen LogP contribution in [0.5, 0.6) is 0 Å². The molecule has 3 N–H and O–H groups in total. The zero-order valence-corrected chi connectivity index (χ0v) is 8.65. The van der Waals surface area contributed by atoms with Gasteiger partial charge in [0.15, 0.2) is 0 Å². The van der Waals surface area contributed by atoms with Crippen molar-refractivity contribution in [1.82, 2.24) is 10.3 Å². The number of aromatic nitrogens is 1. The summed E-state index contributed by atoms with van der Waals surface area (Å²) in [5.41, 5.74) is 4.30. The lowest BCUT2D eigenvalue weighted by Gasteiger charge is -2.21. The average molecular weight is 207 g/mol. The van der Waals surface area contributed by atoms with Crippen molar-refractivity contribution in [2.45, 2.75) is 19.4 Å². The molecule has 0 aliphatic heterocycles. The second-order valence-corrected chi connectivity index (χ2v) is 3.66. The highest BCUT2D eigenvalue weighted by molar-refractivity contribution is 5.97. The zero-order chi connectivity index (χ0) is 11.5. The van der Waals surface area contributed by atoms with E-state index in [-0.39, 0.29) is 5.69 Å². The van der Waals surface area contributed by atoms with Gasteiger partial charge >= 0.3 is 0 Å². The number of carbonyl (C=O) groups excluding carboxylic acids is 2. The van der Waals surface area contributed by atoms with Crippen molar-refractivity contribution < 1.29 is 9.59 Å². The Morgan fingerprint density at radius 3 is 2.53 bits per heavy atom. The topological polar surface area (TPSA) is 85.1 Å². The van der Waals surface area contributed by atoms with E-state index in [1.54, 1.807) is 18.2 Å². The van der Waals surface area contributed by atoms with E-state index in [2.05, 4.69) is 10.3 Å². The lowest BCUT2D eigenvalue weighted by atomic mass is 10.1. The number of hydrogen-bond acceptors (Lipinski definition) is 3. The molecule has 15 heavy (non-hydrogen) atoms. The summed E-state index contributed by atoms with van der Waals surface area (Å²) in [7, 11) is 0. The molecular weight excluding hydrogens is 194 g/mol.